The summed E-state index contributed by atoms with van der Waals surface area (Å²) < 4.78 is 11.2. The number of rotatable bonds is 7. The zero-order valence-electron chi connectivity index (χ0n) is 12.7. The molecule has 19 heavy (non-hydrogen) atoms. The van der Waals surface area contributed by atoms with Crippen molar-refractivity contribution in [2.75, 3.05) is 19.8 Å². The summed E-state index contributed by atoms with van der Waals surface area (Å²) in [5.74, 6) is 0. The summed E-state index contributed by atoms with van der Waals surface area (Å²) in [7, 11) is 0. The van der Waals surface area contributed by atoms with Crippen LogP contribution in [0.15, 0.2) is 0 Å². The van der Waals surface area contributed by atoms with Crippen LogP contribution in [0.2, 0.25) is 0 Å². The van der Waals surface area contributed by atoms with E-state index in [4.69, 9.17) is 9.47 Å². The molecule has 1 spiro atoms. The molecule has 2 aliphatic rings. The van der Waals surface area contributed by atoms with E-state index in [1.54, 1.807) is 0 Å². The van der Waals surface area contributed by atoms with Gasteiger partial charge in [-0.15, -0.1) is 0 Å². The molecule has 0 aromatic rings. The summed E-state index contributed by atoms with van der Waals surface area (Å²) in [6.07, 6.45) is 11.4. The average Bonchev–Trinajstić information content (AvgIpc) is 2.87. The molecule has 0 radical (unpaired) electrons. The highest BCUT2D eigenvalue weighted by Crippen LogP contribution is 2.48. The van der Waals surface area contributed by atoms with E-state index in [0.29, 0.717) is 6.04 Å². The second-order valence-corrected chi connectivity index (χ2v) is 6.23. The molecule has 2 aliphatic carbocycles. The van der Waals surface area contributed by atoms with Crippen molar-refractivity contribution < 1.29 is 9.47 Å². The topological polar surface area (TPSA) is 30.5 Å². The van der Waals surface area contributed by atoms with Crippen LogP contribution in [0.3, 0.4) is 0 Å². The lowest BCUT2D eigenvalue weighted by atomic mass is 9.71. The summed E-state index contributed by atoms with van der Waals surface area (Å²) >= 11 is 0. The smallest absolute Gasteiger partial charge is 0.169 e. The predicted molar refractivity (Wildman–Crippen MR) is 78.2 cm³/mol. The Bertz CT molecular complexity index is 235. The van der Waals surface area contributed by atoms with Gasteiger partial charge in [0.15, 0.2) is 6.29 Å². The molecule has 1 N–H and O–H groups in total. The summed E-state index contributed by atoms with van der Waals surface area (Å²) in [4.78, 5) is 0. The summed E-state index contributed by atoms with van der Waals surface area (Å²) in [5.41, 5.74) is 0.734. The Labute approximate surface area is 118 Å². The minimum Gasteiger partial charge on any atom is -0.352 e. The van der Waals surface area contributed by atoms with Gasteiger partial charge in [-0.3, -0.25) is 0 Å². The van der Waals surface area contributed by atoms with Gasteiger partial charge >= 0.3 is 0 Å². The first-order valence-corrected chi connectivity index (χ1v) is 8.24. The summed E-state index contributed by atoms with van der Waals surface area (Å²) in [6.45, 7) is 6.33. The lowest BCUT2D eigenvalue weighted by Gasteiger charge is -2.38. The Morgan fingerprint density at radius 1 is 1.00 bits per heavy atom. The third-order valence-electron chi connectivity index (χ3n) is 4.99. The molecule has 0 atom stereocenters. The van der Waals surface area contributed by atoms with Crippen molar-refractivity contribution in [2.45, 2.75) is 77.5 Å². The van der Waals surface area contributed by atoms with E-state index < -0.39 is 0 Å². The minimum absolute atomic E-state index is 0.0719. The number of nitrogens with one attached hydrogen (secondary N) is 1. The predicted octanol–water partition coefficient (Wildman–Crippen LogP) is 3.48. The first-order valence-electron chi connectivity index (χ1n) is 8.24. The van der Waals surface area contributed by atoms with Crippen LogP contribution >= 0.6 is 0 Å². The lowest BCUT2D eigenvalue weighted by Crippen LogP contribution is -2.41. The zero-order valence-corrected chi connectivity index (χ0v) is 12.7. The molecule has 0 aromatic carbocycles. The molecule has 112 valence electrons. The lowest BCUT2D eigenvalue weighted by molar-refractivity contribution is -0.134. The van der Waals surface area contributed by atoms with E-state index in [2.05, 4.69) is 5.32 Å². The Balaban J connectivity index is 1.67. The molecule has 0 heterocycles. The summed E-state index contributed by atoms with van der Waals surface area (Å²) in [5, 5.41) is 3.65. The largest absolute Gasteiger partial charge is 0.352 e. The Kier molecular flexibility index (Phi) is 6.11. The normalized spacial score (nSPS) is 23.5. The number of hydrogen-bond acceptors (Lipinski definition) is 3. The van der Waals surface area contributed by atoms with Gasteiger partial charge in [0.1, 0.15) is 0 Å². The molecular weight excluding hydrogens is 238 g/mol. The Morgan fingerprint density at radius 2 is 1.58 bits per heavy atom. The van der Waals surface area contributed by atoms with E-state index in [9.17, 15) is 0 Å². The van der Waals surface area contributed by atoms with Crippen LogP contribution in [-0.2, 0) is 9.47 Å². The minimum atomic E-state index is -0.0719. The highest BCUT2D eigenvalue weighted by Gasteiger charge is 2.37. The van der Waals surface area contributed by atoms with Crippen LogP contribution in [0.5, 0.6) is 0 Å². The standard InChI is InChI=1S/C16H31NO2/c1-3-18-15(19-4-2)13-17-14-7-11-16(12-8-14)9-5-6-10-16/h14-15,17H,3-13H2,1-2H3. The summed E-state index contributed by atoms with van der Waals surface area (Å²) in [6, 6.07) is 0.676. The van der Waals surface area contributed by atoms with Gasteiger partial charge in [0.2, 0.25) is 0 Å². The second kappa shape index (κ2) is 7.61. The van der Waals surface area contributed by atoms with Gasteiger partial charge in [-0.2, -0.15) is 0 Å². The van der Waals surface area contributed by atoms with E-state index in [1.165, 1.54) is 51.4 Å². The molecule has 0 aromatic heterocycles. The maximum absolute atomic E-state index is 5.58. The van der Waals surface area contributed by atoms with Gasteiger partial charge in [-0.25, -0.2) is 0 Å². The van der Waals surface area contributed by atoms with Crippen molar-refractivity contribution in [3.8, 4) is 0 Å². The first-order chi connectivity index (χ1) is 9.28. The van der Waals surface area contributed by atoms with Crippen molar-refractivity contribution >= 4 is 0 Å². The van der Waals surface area contributed by atoms with Gasteiger partial charge in [0.25, 0.3) is 0 Å². The number of hydrogen-bond donors (Lipinski definition) is 1. The van der Waals surface area contributed by atoms with Gasteiger partial charge < -0.3 is 14.8 Å². The highest BCUT2D eigenvalue weighted by molar-refractivity contribution is 4.91. The van der Waals surface area contributed by atoms with Gasteiger partial charge in [0.05, 0.1) is 0 Å². The van der Waals surface area contributed by atoms with Crippen LogP contribution < -0.4 is 5.32 Å². The molecule has 2 saturated carbocycles. The Hall–Kier alpha value is -0.120. The maximum Gasteiger partial charge on any atom is 0.169 e. The monoisotopic (exact) mass is 269 g/mol. The van der Waals surface area contributed by atoms with Crippen molar-refractivity contribution in [3.63, 3.8) is 0 Å². The van der Waals surface area contributed by atoms with Crippen LogP contribution in [-0.4, -0.2) is 32.1 Å². The van der Waals surface area contributed by atoms with Crippen LogP contribution in [0, 0.1) is 5.41 Å². The molecule has 0 aliphatic heterocycles. The van der Waals surface area contributed by atoms with Gasteiger partial charge in [-0.1, -0.05) is 12.8 Å². The third-order valence-corrected chi connectivity index (χ3v) is 4.99. The molecule has 2 fully saturated rings. The van der Waals surface area contributed by atoms with Crippen molar-refractivity contribution in [3.05, 3.63) is 0 Å². The molecule has 0 amide bonds. The number of ether oxygens (including phenoxy) is 2. The van der Waals surface area contributed by atoms with Crippen LogP contribution in [0.1, 0.15) is 65.2 Å². The zero-order chi connectivity index (χ0) is 13.6. The highest BCUT2D eigenvalue weighted by atomic mass is 16.7. The molecule has 0 bridgehead atoms. The average molecular weight is 269 g/mol. The second-order valence-electron chi connectivity index (χ2n) is 6.23. The molecule has 3 nitrogen and oxygen atoms in total. The van der Waals surface area contributed by atoms with Gasteiger partial charge in [-0.05, 0) is 57.8 Å². The van der Waals surface area contributed by atoms with Crippen molar-refractivity contribution in [1.82, 2.24) is 5.32 Å². The molecule has 3 heteroatoms. The van der Waals surface area contributed by atoms with Crippen LogP contribution in [0.4, 0.5) is 0 Å². The molecule has 2 rings (SSSR count). The fraction of sp³-hybridized carbons (Fsp3) is 1.00. The fourth-order valence-electron chi connectivity index (χ4n) is 3.86. The fourth-order valence-corrected chi connectivity index (χ4v) is 3.86. The maximum atomic E-state index is 5.58. The van der Waals surface area contributed by atoms with E-state index in [1.807, 2.05) is 13.8 Å². The van der Waals surface area contributed by atoms with E-state index >= 15 is 0 Å². The van der Waals surface area contributed by atoms with Crippen molar-refractivity contribution in [2.24, 2.45) is 5.41 Å². The van der Waals surface area contributed by atoms with Crippen LogP contribution in [0.25, 0.3) is 0 Å². The van der Waals surface area contributed by atoms with E-state index in [-0.39, 0.29) is 6.29 Å². The molecule has 0 unspecified atom stereocenters. The molecule has 0 saturated heterocycles. The van der Waals surface area contributed by atoms with Gasteiger partial charge in [0, 0.05) is 25.8 Å². The quantitative estimate of drug-likeness (QED) is 0.718. The van der Waals surface area contributed by atoms with E-state index in [0.717, 1.165) is 25.2 Å². The molecular formula is C16H31NO2. The Morgan fingerprint density at radius 3 is 2.11 bits per heavy atom. The first kappa shape index (κ1) is 15.3. The SMILES string of the molecule is CCOC(CNC1CCC2(CCCC2)CC1)OCC. The van der Waals surface area contributed by atoms with Crippen molar-refractivity contribution in [1.29, 1.82) is 0 Å². The third kappa shape index (κ3) is 4.44.